The highest BCUT2D eigenvalue weighted by Crippen LogP contribution is 2.53. The molecule has 1 saturated carbocycles. The maximum atomic E-state index is 13.1. The van der Waals surface area contributed by atoms with Crippen LogP contribution in [0.1, 0.15) is 91.5 Å². The van der Waals surface area contributed by atoms with Crippen molar-refractivity contribution in [1.82, 2.24) is 29.7 Å². The van der Waals surface area contributed by atoms with Crippen molar-refractivity contribution in [3.8, 4) is 22.4 Å². The number of ether oxygens (including phenoxy) is 2. The molecule has 3 aromatic carbocycles. The lowest BCUT2D eigenvalue weighted by molar-refractivity contribution is 0.0172. The van der Waals surface area contributed by atoms with Crippen molar-refractivity contribution in [1.29, 1.82) is 0 Å². The van der Waals surface area contributed by atoms with Crippen LogP contribution in [-0.2, 0) is 9.47 Å². The number of aromatic nitrogens is 4. The van der Waals surface area contributed by atoms with Gasteiger partial charge in [-0.1, -0.05) is 48.9 Å². The largest absolute Gasteiger partial charge is 0.444 e. The van der Waals surface area contributed by atoms with Crippen LogP contribution in [0.5, 0.6) is 0 Å². The molecule has 4 heterocycles. The minimum Gasteiger partial charge on any atom is -0.444 e. The zero-order valence-electron chi connectivity index (χ0n) is 30.2. The summed E-state index contributed by atoms with van der Waals surface area (Å²) >= 11 is 6.75. The fourth-order valence-electron chi connectivity index (χ4n) is 7.76. The molecule has 2 N–H and O–H groups in total. The Morgan fingerprint density at radius 3 is 2.12 bits per heavy atom. The summed E-state index contributed by atoms with van der Waals surface area (Å²) in [7, 11) is 0. The molecule has 0 bridgehead atoms. The van der Waals surface area contributed by atoms with Crippen molar-refractivity contribution in [2.75, 3.05) is 6.54 Å². The Morgan fingerprint density at radius 1 is 0.765 bits per heavy atom. The van der Waals surface area contributed by atoms with Gasteiger partial charge in [-0.2, -0.15) is 0 Å². The zero-order valence-corrected chi connectivity index (χ0v) is 31.0. The predicted octanol–water partition coefficient (Wildman–Crippen LogP) is 9.81. The molecule has 0 radical (unpaired) electrons. The highest BCUT2D eigenvalue weighted by atomic mass is 35.5. The van der Waals surface area contributed by atoms with Gasteiger partial charge in [0.1, 0.15) is 33.7 Å². The molecule has 51 heavy (non-hydrogen) atoms. The number of aromatic amines is 2. The van der Waals surface area contributed by atoms with Crippen LogP contribution in [0.2, 0.25) is 5.15 Å². The molecule has 266 valence electrons. The van der Waals surface area contributed by atoms with Crippen molar-refractivity contribution >= 4 is 45.6 Å². The van der Waals surface area contributed by atoms with Crippen molar-refractivity contribution in [3.05, 3.63) is 71.4 Å². The van der Waals surface area contributed by atoms with E-state index in [9.17, 15) is 9.59 Å². The number of nitrogens with zero attached hydrogens (tertiary/aromatic N) is 4. The number of amides is 2. The van der Waals surface area contributed by atoms with E-state index >= 15 is 0 Å². The van der Waals surface area contributed by atoms with Crippen molar-refractivity contribution < 1.29 is 19.1 Å². The standard InChI is InChI=1S/C40H45ClN6O4/c1-21-14-31(46(20-21)37(48)50-39(2,3)4)35-44-33(34(41)45-35)26-11-10-22-15-23(8-9-24(22)16-26)25-12-13-28-29(17-25)43-36(42-28)32-19-27-18-30(27)47(32)38(49)51-40(5,6)7/h8-13,15-17,21,27,30-32H,14,18-20H2,1-7H3,(H,42,43)(H,44,45)/t21-,27-,30?,31+,32+/m1/s1. The number of imidazole rings is 2. The average Bonchev–Trinajstić information content (AvgIpc) is 3.42. The first-order chi connectivity index (χ1) is 24.1. The van der Waals surface area contributed by atoms with Crippen LogP contribution < -0.4 is 0 Å². The minimum atomic E-state index is -0.581. The number of hydrogen-bond donors (Lipinski definition) is 2. The summed E-state index contributed by atoms with van der Waals surface area (Å²) in [4.78, 5) is 46.5. The maximum Gasteiger partial charge on any atom is 0.411 e. The second kappa shape index (κ2) is 12.0. The van der Waals surface area contributed by atoms with Crippen LogP contribution in [0, 0.1) is 11.8 Å². The third kappa shape index (κ3) is 6.54. The van der Waals surface area contributed by atoms with E-state index in [1.165, 1.54) is 0 Å². The van der Waals surface area contributed by atoms with E-state index in [1.54, 1.807) is 4.90 Å². The first-order valence-corrected chi connectivity index (χ1v) is 18.3. The van der Waals surface area contributed by atoms with E-state index in [1.807, 2.05) is 58.6 Å². The number of fused-ring (bicyclic) bond motifs is 3. The number of carbonyl (C=O) groups excluding carboxylic acids is 2. The SMILES string of the molecule is C[C@@H]1C[C@@H](c2nc(-c3ccc4cc(-c5ccc6nc([C@@H]7C[C@H]8CC8N7C(=O)OC(C)(C)C)[nH]c6c5)ccc4c3)c(Cl)[nH]2)N(C(=O)OC(C)(C)C)C1. The fourth-order valence-corrected chi connectivity index (χ4v) is 8.01. The van der Waals surface area contributed by atoms with Crippen LogP contribution in [0.15, 0.2) is 54.6 Å². The third-order valence-electron chi connectivity index (χ3n) is 10.1. The molecule has 5 atom stereocenters. The second-order valence-corrected chi connectivity index (χ2v) is 17.0. The summed E-state index contributed by atoms with van der Waals surface area (Å²) in [6.45, 7) is 14.1. The lowest BCUT2D eigenvalue weighted by Gasteiger charge is -2.29. The summed E-state index contributed by atoms with van der Waals surface area (Å²) in [5.41, 5.74) is 4.40. The summed E-state index contributed by atoms with van der Waals surface area (Å²) in [5, 5.41) is 2.60. The van der Waals surface area contributed by atoms with Gasteiger partial charge < -0.3 is 19.4 Å². The number of piperidine rings is 1. The van der Waals surface area contributed by atoms with E-state index in [0.29, 0.717) is 35.1 Å². The first kappa shape index (κ1) is 33.6. The quantitative estimate of drug-likeness (QED) is 0.192. The molecule has 1 unspecified atom stereocenters. The number of hydrogen-bond acceptors (Lipinski definition) is 6. The van der Waals surface area contributed by atoms with Crippen LogP contribution in [0.25, 0.3) is 44.2 Å². The molecule has 3 fully saturated rings. The van der Waals surface area contributed by atoms with Crippen LogP contribution >= 0.6 is 11.6 Å². The first-order valence-electron chi connectivity index (χ1n) is 17.9. The topological polar surface area (TPSA) is 116 Å². The predicted molar refractivity (Wildman–Crippen MR) is 198 cm³/mol. The fraction of sp³-hybridized carbons (Fsp3) is 0.450. The zero-order chi connectivity index (χ0) is 36.0. The van der Waals surface area contributed by atoms with Gasteiger partial charge in [0.2, 0.25) is 0 Å². The number of nitrogens with one attached hydrogen (secondary N) is 2. The Kier molecular flexibility index (Phi) is 7.90. The molecule has 8 rings (SSSR count). The monoisotopic (exact) mass is 708 g/mol. The molecular weight excluding hydrogens is 664 g/mol. The highest BCUT2D eigenvalue weighted by Gasteiger charge is 2.56. The van der Waals surface area contributed by atoms with Gasteiger partial charge in [0.15, 0.2) is 0 Å². The molecule has 1 aliphatic carbocycles. The van der Waals surface area contributed by atoms with Gasteiger partial charge in [-0.15, -0.1) is 0 Å². The Hall–Kier alpha value is -4.57. The normalized spacial score (nSPS) is 23.3. The molecule has 2 saturated heterocycles. The van der Waals surface area contributed by atoms with Gasteiger partial charge >= 0.3 is 12.2 Å². The molecule has 3 aliphatic rings. The van der Waals surface area contributed by atoms with Crippen molar-refractivity contribution in [3.63, 3.8) is 0 Å². The molecule has 5 aromatic rings. The number of carbonyl (C=O) groups is 2. The van der Waals surface area contributed by atoms with Crippen molar-refractivity contribution in [2.45, 2.75) is 97.1 Å². The van der Waals surface area contributed by atoms with Crippen LogP contribution in [0.4, 0.5) is 9.59 Å². The lowest BCUT2D eigenvalue weighted by atomic mass is 9.99. The summed E-state index contributed by atoms with van der Waals surface area (Å²) < 4.78 is 11.5. The molecule has 10 nitrogen and oxygen atoms in total. The molecule has 2 aromatic heterocycles. The van der Waals surface area contributed by atoms with Gasteiger partial charge in [0.05, 0.1) is 23.1 Å². The van der Waals surface area contributed by atoms with Crippen LogP contribution in [-0.4, -0.2) is 65.7 Å². The number of rotatable bonds is 4. The van der Waals surface area contributed by atoms with Gasteiger partial charge in [-0.05, 0) is 119 Å². The third-order valence-corrected chi connectivity index (χ3v) is 10.4. The van der Waals surface area contributed by atoms with E-state index < -0.39 is 11.2 Å². The van der Waals surface area contributed by atoms with Gasteiger partial charge in [-0.3, -0.25) is 9.80 Å². The summed E-state index contributed by atoms with van der Waals surface area (Å²) in [6.07, 6.45) is 2.11. The lowest BCUT2D eigenvalue weighted by Crippen LogP contribution is -2.38. The molecular formula is C40H45ClN6O4. The molecule has 2 aliphatic heterocycles. The smallest absolute Gasteiger partial charge is 0.411 e. The van der Waals surface area contributed by atoms with Gasteiger partial charge in [0.25, 0.3) is 0 Å². The number of H-pyrrole nitrogens is 2. The summed E-state index contributed by atoms with van der Waals surface area (Å²) in [5.74, 6) is 2.31. The maximum absolute atomic E-state index is 13.1. The minimum absolute atomic E-state index is 0.112. The average molecular weight is 709 g/mol. The van der Waals surface area contributed by atoms with E-state index in [0.717, 1.165) is 63.6 Å². The van der Waals surface area contributed by atoms with Crippen molar-refractivity contribution in [2.24, 2.45) is 11.8 Å². The van der Waals surface area contributed by atoms with Gasteiger partial charge in [-0.25, -0.2) is 19.6 Å². The van der Waals surface area contributed by atoms with Gasteiger partial charge in [0, 0.05) is 18.2 Å². The molecule has 2 amide bonds. The van der Waals surface area contributed by atoms with E-state index in [4.69, 9.17) is 31.0 Å². The number of halogens is 1. The van der Waals surface area contributed by atoms with Crippen LogP contribution in [0.3, 0.4) is 0 Å². The Bertz CT molecular complexity index is 2180. The second-order valence-electron chi connectivity index (χ2n) is 16.6. The number of likely N-dealkylation sites (tertiary alicyclic amines) is 2. The Balaban J connectivity index is 1.03. The highest BCUT2D eigenvalue weighted by molar-refractivity contribution is 6.32. The molecule has 0 spiro atoms. The Labute approximate surface area is 302 Å². The summed E-state index contributed by atoms with van der Waals surface area (Å²) in [6, 6.07) is 18.8. The Morgan fingerprint density at radius 2 is 1.39 bits per heavy atom. The molecule has 11 heteroatoms. The van der Waals surface area contributed by atoms with E-state index in [2.05, 4.69) is 59.4 Å². The van der Waals surface area contributed by atoms with E-state index in [-0.39, 0.29) is 30.3 Å². The number of benzene rings is 3.